The molecule has 1 nitrogen and oxygen atoms in total. The molecule has 0 amide bonds. The monoisotopic (exact) mass is 190 g/mol. The molecule has 13 heavy (non-hydrogen) atoms. The molecule has 66 valence electrons. The number of aryl methyl sites for hydroxylation is 1. The van der Waals surface area contributed by atoms with Crippen LogP contribution in [0.1, 0.15) is 22.3 Å². The van der Waals surface area contributed by atoms with Gasteiger partial charge in [0, 0.05) is 5.56 Å². The van der Waals surface area contributed by atoms with Crippen molar-refractivity contribution in [2.75, 3.05) is 0 Å². The zero-order valence-corrected chi connectivity index (χ0v) is 8.01. The highest BCUT2D eigenvalue weighted by atomic mass is 32.1. The fourth-order valence-electron chi connectivity index (χ4n) is 1.75. The van der Waals surface area contributed by atoms with Crippen LogP contribution >= 0.6 is 12.2 Å². The van der Waals surface area contributed by atoms with Crippen molar-refractivity contribution in [3.05, 3.63) is 35.4 Å². The lowest BCUT2D eigenvalue weighted by Gasteiger charge is -2.19. The minimum atomic E-state index is -0.0371. The van der Waals surface area contributed by atoms with Gasteiger partial charge in [-0.3, -0.25) is 4.79 Å². The summed E-state index contributed by atoms with van der Waals surface area (Å²) in [5.74, 6) is 0.154. The number of Topliss-reactive ketones (excluding diaryl/α,β-unsaturated/α-hetero) is 1. The van der Waals surface area contributed by atoms with Crippen LogP contribution in [0, 0.1) is 5.92 Å². The summed E-state index contributed by atoms with van der Waals surface area (Å²) in [4.78, 5) is 11.7. The Balaban J connectivity index is 2.45. The first-order valence-corrected chi connectivity index (χ1v) is 4.87. The molecule has 0 bridgehead atoms. The van der Waals surface area contributed by atoms with Crippen LogP contribution in [0.3, 0.4) is 0 Å². The number of fused-ring (bicyclic) bond motifs is 1. The Morgan fingerprint density at radius 1 is 1.38 bits per heavy atom. The lowest BCUT2D eigenvalue weighted by Crippen LogP contribution is -2.22. The molecule has 0 aromatic heterocycles. The van der Waals surface area contributed by atoms with Gasteiger partial charge in [-0.2, -0.15) is 0 Å². The Morgan fingerprint density at radius 2 is 2.15 bits per heavy atom. The molecule has 0 saturated carbocycles. The highest BCUT2D eigenvalue weighted by Crippen LogP contribution is 2.24. The third-order valence-corrected chi connectivity index (χ3v) is 2.84. The maximum atomic E-state index is 11.7. The molecule has 1 aromatic carbocycles. The van der Waals surface area contributed by atoms with E-state index in [0.717, 1.165) is 18.4 Å². The zero-order valence-electron chi connectivity index (χ0n) is 7.19. The summed E-state index contributed by atoms with van der Waals surface area (Å²) >= 11 is 4.83. The molecule has 2 heteroatoms. The van der Waals surface area contributed by atoms with Gasteiger partial charge < -0.3 is 0 Å². The topological polar surface area (TPSA) is 17.1 Å². The van der Waals surface area contributed by atoms with E-state index in [4.69, 9.17) is 12.2 Å². The van der Waals surface area contributed by atoms with Gasteiger partial charge in [-0.25, -0.2) is 0 Å². The van der Waals surface area contributed by atoms with Crippen molar-refractivity contribution in [1.29, 1.82) is 0 Å². The van der Waals surface area contributed by atoms with Gasteiger partial charge in [0.05, 0.1) is 5.92 Å². The van der Waals surface area contributed by atoms with Crippen molar-refractivity contribution in [3.8, 4) is 0 Å². The van der Waals surface area contributed by atoms with Crippen LogP contribution in [-0.4, -0.2) is 11.2 Å². The van der Waals surface area contributed by atoms with E-state index in [2.05, 4.69) is 0 Å². The lowest BCUT2D eigenvalue weighted by molar-refractivity contribution is 0.0944. The van der Waals surface area contributed by atoms with Crippen LogP contribution in [-0.2, 0) is 6.42 Å². The summed E-state index contributed by atoms with van der Waals surface area (Å²) in [7, 11) is 0. The minimum Gasteiger partial charge on any atom is -0.293 e. The normalized spacial score (nSPS) is 20.9. The summed E-state index contributed by atoms with van der Waals surface area (Å²) in [5, 5.41) is 1.60. The Labute approximate surface area is 82.8 Å². The second kappa shape index (κ2) is 3.38. The van der Waals surface area contributed by atoms with Gasteiger partial charge in [-0.15, -0.1) is 0 Å². The molecule has 1 atom stereocenters. The molecule has 1 aliphatic rings. The van der Waals surface area contributed by atoms with E-state index in [-0.39, 0.29) is 11.7 Å². The van der Waals surface area contributed by atoms with Gasteiger partial charge >= 0.3 is 0 Å². The van der Waals surface area contributed by atoms with E-state index in [1.807, 2.05) is 24.3 Å². The maximum Gasteiger partial charge on any atom is 0.170 e. The Morgan fingerprint density at radius 3 is 2.92 bits per heavy atom. The number of carbonyl (C=O) groups excluding carboxylic acids is 1. The number of rotatable bonds is 1. The molecule has 1 aliphatic carbocycles. The zero-order chi connectivity index (χ0) is 9.26. The molecule has 0 saturated heterocycles. The van der Waals surface area contributed by atoms with E-state index in [1.165, 1.54) is 5.56 Å². The van der Waals surface area contributed by atoms with Crippen molar-refractivity contribution in [3.63, 3.8) is 0 Å². The fourth-order valence-corrected chi connectivity index (χ4v) is 2.01. The van der Waals surface area contributed by atoms with Gasteiger partial charge in [-0.05, 0) is 23.8 Å². The Hall–Kier alpha value is -1.02. The molecule has 0 spiro atoms. The summed E-state index contributed by atoms with van der Waals surface area (Å²) in [6.45, 7) is 0. The number of ketones is 1. The largest absolute Gasteiger partial charge is 0.293 e. The van der Waals surface area contributed by atoms with E-state index >= 15 is 0 Å². The van der Waals surface area contributed by atoms with Crippen molar-refractivity contribution >= 4 is 23.4 Å². The maximum absolute atomic E-state index is 11.7. The summed E-state index contributed by atoms with van der Waals surface area (Å²) in [6, 6.07) is 7.79. The average Bonchev–Trinajstić information content (AvgIpc) is 2.19. The Kier molecular flexibility index (Phi) is 2.23. The SMILES string of the molecule is O=C1c2ccccc2CCC1C=S. The van der Waals surface area contributed by atoms with Gasteiger partial charge in [0.25, 0.3) is 0 Å². The van der Waals surface area contributed by atoms with Crippen LogP contribution in [0.2, 0.25) is 0 Å². The lowest BCUT2D eigenvalue weighted by atomic mass is 9.84. The molecular formula is C11H10OS. The predicted molar refractivity (Wildman–Crippen MR) is 56.2 cm³/mol. The van der Waals surface area contributed by atoms with E-state index < -0.39 is 0 Å². The summed E-state index contributed by atoms with van der Waals surface area (Å²) in [6.07, 6.45) is 1.85. The first-order chi connectivity index (χ1) is 6.33. The van der Waals surface area contributed by atoms with Crippen molar-refractivity contribution in [1.82, 2.24) is 0 Å². The van der Waals surface area contributed by atoms with E-state index in [9.17, 15) is 4.79 Å². The highest BCUT2D eigenvalue weighted by molar-refractivity contribution is 7.79. The van der Waals surface area contributed by atoms with E-state index in [1.54, 1.807) is 5.37 Å². The number of benzene rings is 1. The fraction of sp³-hybridized carbons (Fsp3) is 0.273. The molecule has 2 rings (SSSR count). The van der Waals surface area contributed by atoms with Gasteiger partial charge in [0.15, 0.2) is 5.78 Å². The third kappa shape index (κ3) is 1.42. The first kappa shape index (κ1) is 8.57. The van der Waals surface area contributed by atoms with Crippen LogP contribution in [0.4, 0.5) is 0 Å². The number of thiocarbonyl (C=S) groups is 1. The second-order valence-electron chi connectivity index (χ2n) is 3.30. The average molecular weight is 190 g/mol. The minimum absolute atomic E-state index is 0.0371. The summed E-state index contributed by atoms with van der Waals surface area (Å²) in [5.41, 5.74) is 2.03. The van der Waals surface area contributed by atoms with Crippen LogP contribution < -0.4 is 0 Å². The van der Waals surface area contributed by atoms with Crippen LogP contribution in [0.15, 0.2) is 24.3 Å². The molecule has 0 radical (unpaired) electrons. The van der Waals surface area contributed by atoms with Crippen molar-refractivity contribution in [2.24, 2.45) is 5.92 Å². The predicted octanol–water partition coefficient (Wildman–Crippen LogP) is 2.43. The smallest absolute Gasteiger partial charge is 0.170 e. The number of hydrogen-bond donors (Lipinski definition) is 0. The standard InChI is InChI=1S/C11H10OS/c12-11-9(7-13)6-5-8-3-1-2-4-10(8)11/h1-4,7,9H,5-6H2. The molecule has 0 fully saturated rings. The summed E-state index contributed by atoms with van der Waals surface area (Å²) < 4.78 is 0. The molecule has 0 aliphatic heterocycles. The number of carbonyl (C=O) groups is 1. The van der Waals surface area contributed by atoms with Gasteiger partial charge in [0.1, 0.15) is 0 Å². The van der Waals surface area contributed by atoms with Gasteiger partial charge in [-0.1, -0.05) is 36.5 Å². The number of hydrogen-bond acceptors (Lipinski definition) is 2. The van der Waals surface area contributed by atoms with Crippen molar-refractivity contribution < 1.29 is 4.79 Å². The molecule has 1 aromatic rings. The molecule has 1 unspecified atom stereocenters. The molecular weight excluding hydrogens is 180 g/mol. The third-order valence-electron chi connectivity index (χ3n) is 2.51. The Bertz CT molecular complexity index is 357. The van der Waals surface area contributed by atoms with E-state index in [0.29, 0.717) is 0 Å². The molecule has 0 N–H and O–H groups in total. The molecule has 0 heterocycles. The highest BCUT2D eigenvalue weighted by Gasteiger charge is 2.24. The van der Waals surface area contributed by atoms with Crippen LogP contribution in [0.25, 0.3) is 0 Å². The van der Waals surface area contributed by atoms with Gasteiger partial charge in [0.2, 0.25) is 0 Å². The van der Waals surface area contributed by atoms with Crippen molar-refractivity contribution in [2.45, 2.75) is 12.8 Å². The quantitative estimate of drug-likeness (QED) is 0.633. The second-order valence-corrected chi connectivity index (χ2v) is 3.57. The first-order valence-electron chi connectivity index (χ1n) is 4.40. The van der Waals surface area contributed by atoms with Crippen LogP contribution in [0.5, 0.6) is 0 Å².